The van der Waals surface area contributed by atoms with E-state index >= 15 is 4.39 Å². The fraction of sp³-hybridized carbons (Fsp3) is 0.333. The van der Waals surface area contributed by atoms with E-state index in [0.717, 1.165) is 29.0 Å². The standard InChI is InChI=1S/C24H24F3N5O5/c1-2-15(19(28)24(36)37)30-17-4-3-7-31(17)22-18(23(34)35)20(33)13-8-12(26)10-29-21(13)32(22)16-6-5-11(25)9-14(16)27/h5-6,8-10,15,17,19,30H,2-4,7,28H2,1H3,(H,34,35)(H,36,37)/t15?,17?,19-/m0/s1. The average molecular weight is 519 g/mol. The maximum atomic E-state index is 15.1. The van der Waals surface area contributed by atoms with Crippen molar-refractivity contribution < 1.29 is 33.0 Å². The molecule has 1 aromatic carbocycles. The fourth-order valence-electron chi connectivity index (χ4n) is 4.67. The Bertz CT molecular complexity index is 1450. The largest absolute Gasteiger partial charge is 0.480 e. The number of nitrogens with one attached hydrogen (secondary N) is 1. The van der Waals surface area contributed by atoms with E-state index in [1.165, 1.54) is 4.90 Å². The van der Waals surface area contributed by atoms with Crippen LogP contribution in [0.1, 0.15) is 36.5 Å². The van der Waals surface area contributed by atoms with Crippen LogP contribution < -0.4 is 21.4 Å². The smallest absolute Gasteiger partial charge is 0.343 e. The molecular formula is C24H24F3N5O5. The van der Waals surface area contributed by atoms with Crippen molar-refractivity contribution in [1.82, 2.24) is 14.9 Å². The Balaban J connectivity index is 2.03. The van der Waals surface area contributed by atoms with Gasteiger partial charge in [-0.1, -0.05) is 6.92 Å². The van der Waals surface area contributed by atoms with Crippen LogP contribution in [-0.2, 0) is 4.79 Å². The SMILES string of the molecule is CCC(NC1CCCN1c1c(C(=O)O)c(=O)c2cc(F)cnc2n1-c1ccc(F)cc1F)[C@H](N)C(=O)O. The lowest BCUT2D eigenvalue weighted by molar-refractivity contribution is -0.139. The molecule has 4 rings (SSSR count). The molecule has 37 heavy (non-hydrogen) atoms. The molecule has 0 bridgehead atoms. The van der Waals surface area contributed by atoms with E-state index in [-0.39, 0.29) is 23.7 Å². The van der Waals surface area contributed by atoms with Crippen LogP contribution in [-0.4, -0.2) is 56.5 Å². The van der Waals surface area contributed by atoms with Gasteiger partial charge < -0.3 is 20.8 Å². The summed E-state index contributed by atoms with van der Waals surface area (Å²) in [4.78, 5) is 42.6. The number of halogens is 3. The summed E-state index contributed by atoms with van der Waals surface area (Å²) in [6, 6.07) is 1.41. The molecule has 1 saturated heterocycles. The molecule has 196 valence electrons. The molecule has 0 amide bonds. The van der Waals surface area contributed by atoms with Crippen molar-refractivity contribution in [2.24, 2.45) is 5.73 Å². The number of hydrogen-bond donors (Lipinski definition) is 4. The number of aromatic carboxylic acids is 1. The van der Waals surface area contributed by atoms with E-state index in [9.17, 15) is 33.4 Å². The first-order valence-electron chi connectivity index (χ1n) is 11.5. The van der Waals surface area contributed by atoms with Gasteiger partial charge in [-0.15, -0.1) is 0 Å². The van der Waals surface area contributed by atoms with Crippen molar-refractivity contribution in [2.45, 2.75) is 44.4 Å². The first-order valence-corrected chi connectivity index (χ1v) is 11.5. The highest BCUT2D eigenvalue weighted by Crippen LogP contribution is 2.33. The van der Waals surface area contributed by atoms with Crippen LogP contribution in [0, 0.1) is 17.5 Å². The maximum Gasteiger partial charge on any atom is 0.343 e. The van der Waals surface area contributed by atoms with Crippen molar-refractivity contribution in [3.63, 3.8) is 0 Å². The number of nitrogens with two attached hydrogens (primary N) is 1. The lowest BCUT2D eigenvalue weighted by atomic mass is 10.1. The molecule has 0 aliphatic carbocycles. The summed E-state index contributed by atoms with van der Waals surface area (Å²) < 4.78 is 43.9. The topological polar surface area (TPSA) is 151 Å². The van der Waals surface area contributed by atoms with Crippen molar-refractivity contribution in [1.29, 1.82) is 0 Å². The average Bonchev–Trinajstić information content (AvgIpc) is 3.30. The Kier molecular flexibility index (Phi) is 7.18. The number of nitrogens with zero attached hydrogens (tertiary/aromatic N) is 3. The van der Waals surface area contributed by atoms with Crippen molar-refractivity contribution in [3.8, 4) is 5.69 Å². The molecule has 2 unspecified atom stereocenters. The number of carbonyl (C=O) groups is 2. The van der Waals surface area contributed by atoms with Gasteiger partial charge in [0.15, 0.2) is 0 Å². The number of carboxylic acid groups (broad SMARTS) is 2. The second-order valence-electron chi connectivity index (χ2n) is 8.69. The lowest BCUT2D eigenvalue weighted by Crippen LogP contribution is -2.56. The van der Waals surface area contributed by atoms with Gasteiger partial charge in [-0.25, -0.2) is 22.9 Å². The summed E-state index contributed by atoms with van der Waals surface area (Å²) in [5.41, 5.74) is 3.45. The van der Waals surface area contributed by atoms with E-state index in [4.69, 9.17) is 5.73 Å². The minimum absolute atomic E-state index is 0.200. The Morgan fingerprint density at radius 3 is 2.57 bits per heavy atom. The molecular weight excluding hydrogens is 495 g/mol. The number of anilines is 1. The zero-order chi connectivity index (χ0) is 27.0. The number of rotatable bonds is 8. The highest BCUT2D eigenvalue weighted by Gasteiger charge is 2.36. The number of benzene rings is 1. The van der Waals surface area contributed by atoms with Gasteiger partial charge in [0.1, 0.15) is 40.5 Å². The zero-order valence-corrected chi connectivity index (χ0v) is 19.6. The van der Waals surface area contributed by atoms with E-state index in [1.54, 1.807) is 6.92 Å². The van der Waals surface area contributed by atoms with Crippen LogP contribution >= 0.6 is 0 Å². The van der Waals surface area contributed by atoms with Crippen molar-refractivity contribution in [2.75, 3.05) is 11.4 Å². The maximum absolute atomic E-state index is 15.1. The van der Waals surface area contributed by atoms with Gasteiger partial charge in [-0.05, 0) is 37.5 Å². The summed E-state index contributed by atoms with van der Waals surface area (Å²) in [7, 11) is 0. The van der Waals surface area contributed by atoms with Crippen LogP contribution in [0.4, 0.5) is 19.0 Å². The molecule has 13 heteroatoms. The van der Waals surface area contributed by atoms with Crippen molar-refractivity contribution >= 4 is 28.8 Å². The molecule has 1 aliphatic heterocycles. The molecule has 3 aromatic rings. The predicted octanol–water partition coefficient (Wildman–Crippen LogP) is 2.21. The molecule has 1 fully saturated rings. The number of aliphatic carboxylic acids is 1. The van der Waals surface area contributed by atoms with Crippen LogP contribution in [0.15, 0.2) is 35.3 Å². The quantitative estimate of drug-likeness (QED) is 0.351. The number of aromatic nitrogens is 2. The number of carboxylic acids is 2. The van der Waals surface area contributed by atoms with Crippen LogP contribution in [0.2, 0.25) is 0 Å². The summed E-state index contributed by atoms with van der Waals surface area (Å²) in [5, 5.41) is 22.1. The monoisotopic (exact) mass is 519 g/mol. The summed E-state index contributed by atoms with van der Waals surface area (Å²) in [6.07, 6.45) is 1.34. The van der Waals surface area contributed by atoms with E-state index < -0.39 is 64.0 Å². The van der Waals surface area contributed by atoms with E-state index in [1.807, 2.05) is 0 Å². The molecule has 3 atom stereocenters. The third-order valence-corrected chi connectivity index (χ3v) is 6.41. The summed E-state index contributed by atoms with van der Waals surface area (Å²) >= 11 is 0. The molecule has 0 spiro atoms. The van der Waals surface area contributed by atoms with Gasteiger partial charge in [-0.2, -0.15) is 0 Å². The first kappa shape index (κ1) is 26.1. The molecule has 1 aliphatic rings. The molecule has 0 radical (unpaired) electrons. The molecule has 10 nitrogen and oxygen atoms in total. The second-order valence-corrected chi connectivity index (χ2v) is 8.69. The Labute approximate surface area is 208 Å². The molecule has 0 saturated carbocycles. The highest BCUT2D eigenvalue weighted by atomic mass is 19.1. The van der Waals surface area contributed by atoms with Crippen LogP contribution in [0.25, 0.3) is 16.7 Å². The van der Waals surface area contributed by atoms with Gasteiger partial charge in [0, 0.05) is 18.7 Å². The van der Waals surface area contributed by atoms with Gasteiger partial charge >= 0.3 is 11.9 Å². The third-order valence-electron chi connectivity index (χ3n) is 6.41. The minimum Gasteiger partial charge on any atom is -0.480 e. The molecule has 5 N–H and O–H groups in total. The van der Waals surface area contributed by atoms with Gasteiger partial charge in [0.05, 0.1) is 23.4 Å². The first-order chi connectivity index (χ1) is 17.5. The second kappa shape index (κ2) is 10.2. The molecule has 2 aromatic heterocycles. The Hall–Kier alpha value is -3.97. The van der Waals surface area contributed by atoms with Gasteiger partial charge in [-0.3, -0.25) is 19.5 Å². The lowest BCUT2D eigenvalue weighted by Gasteiger charge is -2.34. The van der Waals surface area contributed by atoms with Gasteiger partial charge in [0.25, 0.3) is 0 Å². The normalized spacial score (nSPS) is 17.2. The third kappa shape index (κ3) is 4.74. The fourth-order valence-corrected chi connectivity index (χ4v) is 4.67. The number of fused-ring (bicyclic) bond motifs is 1. The number of hydrogen-bond acceptors (Lipinski definition) is 7. The summed E-state index contributed by atoms with van der Waals surface area (Å²) in [5.74, 6) is -6.02. The summed E-state index contributed by atoms with van der Waals surface area (Å²) in [6.45, 7) is 1.92. The Morgan fingerprint density at radius 1 is 1.22 bits per heavy atom. The number of pyridine rings is 2. The zero-order valence-electron chi connectivity index (χ0n) is 19.6. The highest BCUT2D eigenvalue weighted by molar-refractivity contribution is 5.99. The van der Waals surface area contributed by atoms with Crippen LogP contribution in [0.5, 0.6) is 0 Å². The predicted molar refractivity (Wildman–Crippen MR) is 127 cm³/mol. The van der Waals surface area contributed by atoms with Crippen LogP contribution in [0.3, 0.4) is 0 Å². The Morgan fingerprint density at radius 2 is 1.95 bits per heavy atom. The van der Waals surface area contributed by atoms with Crippen molar-refractivity contribution in [3.05, 3.63) is 63.7 Å². The molecule has 3 heterocycles. The van der Waals surface area contributed by atoms with Gasteiger partial charge in [0.2, 0.25) is 5.43 Å². The van der Waals surface area contributed by atoms with E-state index in [2.05, 4.69) is 10.3 Å². The van der Waals surface area contributed by atoms with E-state index in [0.29, 0.717) is 25.3 Å². The minimum atomic E-state index is -1.65.